The fraction of sp³-hybridized carbons (Fsp3) is 0.125. The van der Waals surface area contributed by atoms with E-state index in [1.807, 2.05) is 17.5 Å². The highest BCUT2D eigenvalue weighted by molar-refractivity contribution is 7.13. The predicted molar refractivity (Wildman–Crippen MR) is 83.0 cm³/mol. The summed E-state index contributed by atoms with van der Waals surface area (Å²) in [5.74, 6) is 0.180. The molecular formula is C16H11NO4S. The van der Waals surface area contributed by atoms with Crippen molar-refractivity contribution < 1.29 is 19.4 Å². The van der Waals surface area contributed by atoms with Gasteiger partial charge in [-0.3, -0.25) is 0 Å². The van der Waals surface area contributed by atoms with Crippen LogP contribution in [-0.4, -0.2) is 29.3 Å². The topological polar surface area (TPSA) is 68.7 Å². The Morgan fingerprint density at radius 2 is 1.95 bits per heavy atom. The van der Waals surface area contributed by atoms with E-state index >= 15 is 0 Å². The lowest BCUT2D eigenvalue weighted by Crippen LogP contribution is -2.15. The standard InChI is InChI=1S/C16H11NO4S/c18-16(19)10-6-12(15-2-1-5-22-15)17-11-8-14-13(7-9(10)11)20-3-4-21-14/h1-2,5-8H,3-4H2,(H,18,19). The van der Waals surface area contributed by atoms with Gasteiger partial charge in [-0.15, -0.1) is 11.3 Å². The van der Waals surface area contributed by atoms with Gasteiger partial charge in [0.2, 0.25) is 0 Å². The van der Waals surface area contributed by atoms with Crippen LogP contribution in [0.25, 0.3) is 21.5 Å². The number of aromatic nitrogens is 1. The number of benzene rings is 1. The lowest BCUT2D eigenvalue weighted by atomic mass is 10.1. The Balaban J connectivity index is 2.01. The predicted octanol–water partition coefficient (Wildman–Crippen LogP) is 3.43. The fourth-order valence-corrected chi connectivity index (χ4v) is 3.18. The number of ether oxygens (including phenoxy) is 2. The maximum Gasteiger partial charge on any atom is 0.336 e. The van der Waals surface area contributed by atoms with Gasteiger partial charge in [0.05, 0.1) is 21.7 Å². The Morgan fingerprint density at radius 3 is 2.64 bits per heavy atom. The summed E-state index contributed by atoms with van der Waals surface area (Å²) < 4.78 is 11.1. The van der Waals surface area contributed by atoms with E-state index in [0.29, 0.717) is 41.3 Å². The SMILES string of the molecule is O=C(O)c1cc(-c2cccs2)nc2cc3c(cc12)OCCO3. The molecule has 1 aliphatic rings. The van der Waals surface area contributed by atoms with Gasteiger partial charge in [-0.25, -0.2) is 9.78 Å². The molecule has 0 spiro atoms. The highest BCUT2D eigenvalue weighted by atomic mass is 32.1. The van der Waals surface area contributed by atoms with Crippen molar-refractivity contribution in [3.05, 3.63) is 41.3 Å². The molecule has 0 unspecified atom stereocenters. The van der Waals surface area contributed by atoms with E-state index in [2.05, 4.69) is 4.98 Å². The zero-order valence-electron chi connectivity index (χ0n) is 11.4. The molecule has 110 valence electrons. The van der Waals surface area contributed by atoms with Crippen molar-refractivity contribution in [1.29, 1.82) is 0 Å². The minimum absolute atomic E-state index is 0.213. The molecule has 1 aromatic carbocycles. The molecule has 2 aromatic heterocycles. The second kappa shape index (κ2) is 4.99. The monoisotopic (exact) mass is 313 g/mol. The van der Waals surface area contributed by atoms with Crippen LogP contribution < -0.4 is 9.47 Å². The normalized spacial score (nSPS) is 13.3. The zero-order valence-corrected chi connectivity index (χ0v) is 12.2. The van der Waals surface area contributed by atoms with Gasteiger partial charge in [0.15, 0.2) is 11.5 Å². The first-order valence-corrected chi connectivity index (χ1v) is 7.62. The number of hydrogen-bond acceptors (Lipinski definition) is 5. The van der Waals surface area contributed by atoms with Crippen LogP contribution in [0, 0.1) is 0 Å². The number of carboxylic acids is 1. The largest absolute Gasteiger partial charge is 0.486 e. The second-order valence-corrected chi connectivity index (χ2v) is 5.80. The van der Waals surface area contributed by atoms with Crippen LogP contribution in [0.3, 0.4) is 0 Å². The van der Waals surface area contributed by atoms with Gasteiger partial charge < -0.3 is 14.6 Å². The van der Waals surface area contributed by atoms with E-state index in [1.54, 1.807) is 18.2 Å². The molecule has 0 saturated heterocycles. The highest BCUT2D eigenvalue weighted by Crippen LogP contribution is 2.37. The number of nitrogens with zero attached hydrogens (tertiary/aromatic N) is 1. The molecule has 4 rings (SSSR count). The third-order valence-electron chi connectivity index (χ3n) is 3.48. The Kier molecular flexibility index (Phi) is 2.97. The molecule has 22 heavy (non-hydrogen) atoms. The second-order valence-electron chi connectivity index (χ2n) is 4.85. The van der Waals surface area contributed by atoms with Gasteiger partial charge >= 0.3 is 5.97 Å². The van der Waals surface area contributed by atoms with Gasteiger partial charge in [-0.1, -0.05) is 6.07 Å². The van der Waals surface area contributed by atoms with Gasteiger partial charge in [0.25, 0.3) is 0 Å². The van der Waals surface area contributed by atoms with Gasteiger partial charge in [-0.05, 0) is 23.6 Å². The van der Waals surface area contributed by atoms with E-state index in [0.717, 1.165) is 4.88 Å². The van der Waals surface area contributed by atoms with Gasteiger partial charge in [-0.2, -0.15) is 0 Å². The molecule has 0 bridgehead atoms. The Morgan fingerprint density at radius 1 is 1.18 bits per heavy atom. The molecule has 0 radical (unpaired) electrons. The molecule has 0 atom stereocenters. The number of rotatable bonds is 2. The van der Waals surface area contributed by atoms with E-state index in [9.17, 15) is 9.90 Å². The number of hydrogen-bond donors (Lipinski definition) is 1. The highest BCUT2D eigenvalue weighted by Gasteiger charge is 2.19. The molecule has 0 amide bonds. The van der Waals surface area contributed by atoms with Crippen LogP contribution in [0.15, 0.2) is 35.7 Å². The number of aromatic carboxylic acids is 1. The minimum Gasteiger partial charge on any atom is -0.486 e. The minimum atomic E-state index is -0.984. The van der Waals surface area contributed by atoms with Crippen molar-refractivity contribution in [3.8, 4) is 22.1 Å². The summed E-state index contributed by atoms with van der Waals surface area (Å²) in [6, 6.07) is 8.87. The number of carbonyl (C=O) groups is 1. The number of pyridine rings is 1. The Labute approximate surface area is 129 Å². The summed E-state index contributed by atoms with van der Waals surface area (Å²) in [5, 5.41) is 12.0. The lowest BCUT2D eigenvalue weighted by molar-refractivity contribution is 0.0699. The summed E-state index contributed by atoms with van der Waals surface area (Å²) in [5.41, 5.74) is 1.45. The van der Waals surface area contributed by atoms with Crippen LogP contribution in [0.1, 0.15) is 10.4 Å². The average molecular weight is 313 g/mol. The molecule has 6 heteroatoms. The van der Waals surface area contributed by atoms with Crippen molar-refractivity contribution in [1.82, 2.24) is 4.98 Å². The Bertz CT molecular complexity index is 873. The molecule has 0 aliphatic carbocycles. The molecule has 3 aromatic rings. The summed E-state index contributed by atoms with van der Waals surface area (Å²) in [6.07, 6.45) is 0. The molecular weight excluding hydrogens is 302 g/mol. The number of thiophene rings is 1. The Hall–Kier alpha value is -2.60. The molecule has 3 heterocycles. The molecule has 5 nitrogen and oxygen atoms in total. The smallest absolute Gasteiger partial charge is 0.336 e. The van der Waals surface area contributed by atoms with Crippen LogP contribution in [0.4, 0.5) is 0 Å². The first kappa shape index (κ1) is 13.1. The zero-order chi connectivity index (χ0) is 15.1. The summed E-state index contributed by atoms with van der Waals surface area (Å²) >= 11 is 1.52. The van der Waals surface area contributed by atoms with E-state index in [-0.39, 0.29) is 5.56 Å². The van der Waals surface area contributed by atoms with Crippen LogP contribution in [0.2, 0.25) is 0 Å². The third-order valence-corrected chi connectivity index (χ3v) is 4.37. The van der Waals surface area contributed by atoms with Gasteiger partial charge in [0, 0.05) is 11.5 Å². The van der Waals surface area contributed by atoms with Crippen LogP contribution in [0.5, 0.6) is 11.5 Å². The average Bonchev–Trinajstić information content (AvgIpc) is 3.06. The van der Waals surface area contributed by atoms with E-state index in [4.69, 9.17) is 9.47 Å². The summed E-state index contributed by atoms with van der Waals surface area (Å²) in [7, 11) is 0. The number of fused-ring (bicyclic) bond motifs is 2. The van der Waals surface area contributed by atoms with Crippen molar-refractivity contribution in [2.24, 2.45) is 0 Å². The van der Waals surface area contributed by atoms with Crippen LogP contribution >= 0.6 is 11.3 Å². The van der Waals surface area contributed by atoms with E-state index in [1.165, 1.54) is 11.3 Å². The summed E-state index contributed by atoms with van der Waals surface area (Å²) in [4.78, 5) is 17.1. The quantitative estimate of drug-likeness (QED) is 0.785. The fourth-order valence-electron chi connectivity index (χ4n) is 2.49. The first-order valence-electron chi connectivity index (χ1n) is 6.74. The van der Waals surface area contributed by atoms with Crippen molar-refractivity contribution in [3.63, 3.8) is 0 Å². The van der Waals surface area contributed by atoms with Crippen molar-refractivity contribution in [2.75, 3.05) is 13.2 Å². The lowest BCUT2D eigenvalue weighted by Gasteiger charge is -2.19. The maximum absolute atomic E-state index is 11.6. The molecule has 1 aliphatic heterocycles. The van der Waals surface area contributed by atoms with Crippen molar-refractivity contribution in [2.45, 2.75) is 0 Å². The molecule has 1 N–H and O–H groups in total. The van der Waals surface area contributed by atoms with Crippen molar-refractivity contribution >= 4 is 28.2 Å². The maximum atomic E-state index is 11.6. The third kappa shape index (κ3) is 2.08. The van der Waals surface area contributed by atoms with Crippen LogP contribution in [-0.2, 0) is 0 Å². The molecule has 0 saturated carbocycles. The number of carboxylic acid groups (broad SMARTS) is 1. The summed E-state index contributed by atoms with van der Waals surface area (Å²) in [6.45, 7) is 0.941. The van der Waals surface area contributed by atoms with E-state index < -0.39 is 5.97 Å². The van der Waals surface area contributed by atoms with Gasteiger partial charge in [0.1, 0.15) is 13.2 Å². The molecule has 0 fully saturated rings. The first-order chi connectivity index (χ1) is 10.7.